The minimum absolute atomic E-state index is 0.0779. The molecule has 2 rings (SSSR count). The summed E-state index contributed by atoms with van der Waals surface area (Å²) in [6.07, 6.45) is 0. The number of morpholine rings is 1. The van der Waals surface area contributed by atoms with Crippen LogP contribution in [0.2, 0.25) is 0 Å². The summed E-state index contributed by atoms with van der Waals surface area (Å²) in [5.41, 5.74) is 7.29. The number of rotatable bonds is 3. The number of benzene rings is 1. The molecule has 0 saturated carbocycles. The van der Waals surface area contributed by atoms with E-state index in [9.17, 15) is 0 Å². The van der Waals surface area contributed by atoms with Crippen LogP contribution in [0.3, 0.4) is 0 Å². The fourth-order valence-corrected chi connectivity index (χ4v) is 1.93. The second kappa shape index (κ2) is 5.05. The highest BCUT2D eigenvalue weighted by Crippen LogP contribution is 2.26. The average molecular weight is 235 g/mol. The maximum absolute atomic E-state index is 7.60. The fraction of sp³-hybridized carbons (Fsp3) is 0.417. The fourth-order valence-electron chi connectivity index (χ4n) is 1.93. The Balaban J connectivity index is 2.36. The average Bonchev–Trinajstić information content (AvgIpc) is 2.39. The third kappa shape index (κ3) is 2.50. The highest BCUT2D eigenvalue weighted by atomic mass is 16.5. The molecule has 1 fully saturated rings. The van der Waals surface area contributed by atoms with Gasteiger partial charge in [-0.3, -0.25) is 5.41 Å². The van der Waals surface area contributed by atoms with Crippen molar-refractivity contribution in [3.8, 4) is 5.75 Å². The van der Waals surface area contributed by atoms with Crippen LogP contribution in [-0.2, 0) is 4.74 Å². The molecule has 0 bridgehead atoms. The Morgan fingerprint density at radius 2 is 2.12 bits per heavy atom. The van der Waals surface area contributed by atoms with E-state index in [4.69, 9.17) is 20.6 Å². The molecule has 0 amide bonds. The zero-order valence-corrected chi connectivity index (χ0v) is 9.90. The Morgan fingerprint density at radius 1 is 1.41 bits per heavy atom. The van der Waals surface area contributed by atoms with Crippen LogP contribution in [0.5, 0.6) is 5.75 Å². The van der Waals surface area contributed by atoms with Gasteiger partial charge in [-0.1, -0.05) is 0 Å². The molecule has 0 spiro atoms. The number of anilines is 1. The van der Waals surface area contributed by atoms with Crippen molar-refractivity contribution in [3.05, 3.63) is 23.8 Å². The summed E-state index contributed by atoms with van der Waals surface area (Å²) in [7, 11) is 1.63. The molecule has 3 N–H and O–H groups in total. The molecule has 0 atom stereocenters. The van der Waals surface area contributed by atoms with E-state index in [1.54, 1.807) is 7.11 Å². The number of ether oxygens (including phenoxy) is 2. The van der Waals surface area contributed by atoms with Crippen LogP contribution in [0, 0.1) is 5.41 Å². The smallest absolute Gasteiger partial charge is 0.124 e. The second-order valence-electron chi connectivity index (χ2n) is 3.90. The molecule has 92 valence electrons. The maximum Gasteiger partial charge on any atom is 0.124 e. The summed E-state index contributed by atoms with van der Waals surface area (Å²) in [4.78, 5) is 2.17. The van der Waals surface area contributed by atoms with Gasteiger partial charge in [0.25, 0.3) is 0 Å². The summed E-state index contributed by atoms with van der Waals surface area (Å²) < 4.78 is 10.5. The van der Waals surface area contributed by atoms with Crippen molar-refractivity contribution < 1.29 is 9.47 Å². The van der Waals surface area contributed by atoms with Crippen LogP contribution in [0.25, 0.3) is 0 Å². The Kier molecular flexibility index (Phi) is 3.49. The van der Waals surface area contributed by atoms with Crippen LogP contribution in [0.15, 0.2) is 18.2 Å². The number of hydrogen-bond donors (Lipinski definition) is 2. The van der Waals surface area contributed by atoms with Crippen molar-refractivity contribution in [2.24, 2.45) is 5.73 Å². The molecule has 0 aliphatic carbocycles. The molecule has 1 aliphatic rings. The molecule has 1 aromatic rings. The number of hydrogen-bond acceptors (Lipinski definition) is 4. The van der Waals surface area contributed by atoms with E-state index in [0.29, 0.717) is 13.2 Å². The van der Waals surface area contributed by atoms with Gasteiger partial charge >= 0.3 is 0 Å². The number of nitrogens with one attached hydrogen (secondary N) is 1. The van der Waals surface area contributed by atoms with Gasteiger partial charge in [0.1, 0.15) is 11.6 Å². The van der Waals surface area contributed by atoms with E-state index in [0.717, 1.165) is 30.1 Å². The van der Waals surface area contributed by atoms with E-state index in [1.165, 1.54) is 0 Å². The number of amidine groups is 1. The topological polar surface area (TPSA) is 71.6 Å². The van der Waals surface area contributed by atoms with Crippen LogP contribution in [-0.4, -0.2) is 39.2 Å². The van der Waals surface area contributed by atoms with Gasteiger partial charge in [0.15, 0.2) is 0 Å². The minimum Gasteiger partial charge on any atom is -0.497 e. The summed E-state index contributed by atoms with van der Waals surface area (Å²) in [5, 5.41) is 7.60. The van der Waals surface area contributed by atoms with E-state index in [1.807, 2.05) is 18.2 Å². The van der Waals surface area contributed by atoms with E-state index in [-0.39, 0.29) is 5.84 Å². The zero-order chi connectivity index (χ0) is 12.3. The highest BCUT2D eigenvalue weighted by Gasteiger charge is 2.16. The molecule has 1 aromatic carbocycles. The molecule has 5 heteroatoms. The first-order valence-corrected chi connectivity index (χ1v) is 5.57. The zero-order valence-electron chi connectivity index (χ0n) is 9.90. The van der Waals surface area contributed by atoms with E-state index >= 15 is 0 Å². The van der Waals surface area contributed by atoms with Gasteiger partial charge in [0.2, 0.25) is 0 Å². The lowest BCUT2D eigenvalue weighted by atomic mass is 10.1. The van der Waals surface area contributed by atoms with Gasteiger partial charge in [-0.05, 0) is 12.1 Å². The van der Waals surface area contributed by atoms with E-state index < -0.39 is 0 Å². The SMILES string of the molecule is COc1ccc(C(=N)N)c(N2CCOCC2)c1. The summed E-state index contributed by atoms with van der Waals surface area (Å²) in [5.74, 6) is 0.852. The lowest BCUT2D eigenvalue weighted by molar-refractivity contribution is 0.122. The van der Waals surface area contributed by atoms with Crippen LogP contribution < -0.4 is 15.4 Å². The Labute approximate surface area is 101 Å². The quantitative estimate of drug-likeness (QED) is 0.601. The van der Waals surface area contributed by atoms with Crippen molar-refractivity contribution in [2.45, 2.75) is 0 Å². The van der Waals surface area contributed by atoms with Crippen LogP contribution in [0.4, 0.5) is 5.69 Å². The van der Waals surface area contributed by atoms with Gasteiger partial charge in [0.05, 0.1) is 26.0 Å². The molecule has 0 aromatic heterocycles. The number of methoxy groups -OCH3 is 1. The molecule has 1 saturated heterocycles. The number of nitrogens with two attached hydrogens (primary N) is 1. The van der Waals surface area contributed by atoms with Crippen molar-refractivity contribution in [1.82, 2.24) is 0 Å². The van der Waals surface area contributed by atoms with Crippen LogP contribution >= 0.6 is 0 Å². The first-order valence-electron chi connectivity index (χ1n) is 5.57. The maximum atomic E-state index is 7.60. The number of nitrogen functional groups attached to an aromatic ring is 1. The molecule has 17 heavy (non-hydrogen) atoms. The van der Waals surface area contributed by atoms with Gasteiger partial charge < -0.3 is 20.1 Å². The summed E-state index contributed by atoms with van der Waals surface area (Å²) in [6, 6.07) is 5.56. The van der Waals surface area contributed by atoms with Crippen molar-refractivity contribution in [1.29, 1.82) is 5.41 Å². The predicted molar refractivity (Wildman–Crippen MR) is 67.0 cm³/mol. The minimum atomic E-state index is 0.0779. The molecule has 1 aliphatic heterocycles. The van der Waals surface area contributed by atoms with Gasteiger partial charge in [-0.2, -0.15) is 0 Å². The molecule has 0 unspecified atom stereocenters. The Morgan fingerprint density at radius 3 is 2.71 bits per heavy atom. The first-order chi connectivity index (χ1) is 8.22. The van der Waals surface area contributed by atoms with Crippen molar-refractivity contribution in [2.75, 3.05) is 38.3 Å². The third-order valence-electron chi connectivity index (χ3n) is 2.85. The lowest BCUT2D eigenvalue weighted by Gasteiger charge is -2.30. The summed E-state index contributed by atoms with van der Waals surface area (Å²) in [6.45, 7) is 3.03. The largest absolute Gasteiger partial charge is 0.497 e. The van der Waals surface area contributed by atoms with Gasteiger partial charge in [-0.15, -0.1) is 0 Å². The normalized spacial score (nSPS) is 15.7. The Bertz CT molecular complexity index is 414. The van der Waals surface area contributed by atoms with Crippen molar-refractivity contribution >= 4 is 11.5 Å². The highest BCUT2D eigenvalue weighted by molar-refractivity contribution is 6.00. The molecular weight excluding hydrogens is 218 g/mol. The molecule has 0 radical (unpaired) electrons. The van der Waals surface area contributed by atoms with E-state index in [2.05, 4.69) is 4.90 Å². The molecule has 1 heterocycles. The van der Waals surface area contributed by atoms with Gasteiger partial charge in [-0.25, -0.2) is 0 Å². The first kappa shape index (κ1) is 11.7. The lowest BCUT2D eigenvalue weighted by Crippen LogP contribution is -2.37. The third-order valence-corrected chi connectivity index (χ3v) is 2.85. The molecule has 5 nitrogen and oxygen atoms in total. The predicted octanol–water partition coefficient (Wildman–Crippen LogP) is 0.816. The molecular formula is C12H17N3O2. The van der Waals surface area contributed by atoms with Gasteiger partial charge in [0, 0.05) is 24.7 Å². The van der Waals surface area contributed by atoms with Crippen molar-refractivity contribution in [3.63, 3.8) is 0 Å². The van der Waals surface area contributed by atoms with Crippen LogP contribution in [0.1, 0.15) is 5.56 Å². The Hall–Kier alpha value is -1.75. The monoisotopic (exact) mass is 235 g/mol. The second-order valence-corrected chi connectivity index (χ2v) is 3.90. The summed E-state index contributed by atoms with van der Waals surface area (Å²) >= 11 is 0. The standard InChI is InChI=1S/C12H17N3O2/c1-16-9-2-3-10(12(13)14)11(8-9)15-4-6-17-7-5-15/h2-3,8H,4-7H2,1H3,(H3,13,14). The number of nitrogens with zero attached hydrogens (tertiary/aromatic N) is 1.